The molecular formula is C16H13FN2O. The first-order valence-corrected chi connectivity index (χ1v) is 6.06. The molecule has 0 unspecified atom stereocenters. The number of carbonyl (C=O) groups excluding carboxylic acids is 1. The van der Waals surface area contributed by atoms with Crippen molar-refractivity contribution in [1.29, 1.82) is 0 Å². The Morgan fingerprint density at radius 2 is 1.75 bits per heavy atom. The van der Waals surface area contributed by atoms with Gasteiger partial charge in [0.25, 0.3) is 5.91 Å². The van der Waals surface area contributed by atoms with Crippen LogP contribution in [0.25, 0.3) is 6.08 Å². The smallest absolute Gasteiger partial charge is 0.267 e. The third-order valence-electron chi connectivity index (χ3n) is 2.52. The predicted molar refractivity (Wildman–Crippen MR) is 77.8 cm³/mol. The Morgan fingerprint density at radius 1 is 1.05 bits per heavy atom. The number of hydrogen-bond donors (Lipinski definition) is 1. The zero-order valence-corrected chi connectivity index (χ0v) is 10.7. The van der Waals surface area contributed by atoms with Crippen LogP contribution in [-0.4, -0.2) is 12.1 Å². The summed E-state index contributed by atoms with van der Waals surface area (Å²) in [6.07, 6.45) is 5.07. The van der Waals surface area contributed by atoms with Crippen molar-refractivity contribution in [2.45, 2.75) is 0 Å². The highest BCUT2D eigenvalue weighted by Crippen LogP contribution is 2.02. The number of halogens is 1. The summed E-state index contributed by atoms with van der Waals surface area (Å²) in [5.74, 6) is -0.759. The fourth-order valence-electron chi connectivity index (χ4n) is 1.52. The van der Waals surface area contributed by atoms with Crippen LogP contribution in [0.15, 0.2) is 65.8 Å². The van der Waals surface area contributed by atoms with E-state index < -0.39 is 0 Å². The molecule has 4 heteroatoms. The molecular weight excluding hydrogens is 255 g/mol. The normalized spacial score (nSPS) is 11.1. The van der Waals surface area contributed by atoms with Gasteiger partial charge in [-0.1, -0.05) is 36.4 Å². The number of hydrazone groups is 1. The third kappa shape index (κ3) is 4.17. The summed E-state index contributed by atoms with van der Waals surface area (Å²) in [4.78, 5) is 11.6. The van der Waals surface area contributed by atoms with Gasteiger partial charge in [0.15, 0.2) is 0 Å². The van der Waals surface area contributed by atoms with Crippen LogP contribution < -0.4 is 5.43 Å². The number of benzene rings is 2. The summed E-state index contributed by atoms with van der Waals surface area (Å²) in [6, 6.07) is 15.0. The molecule has 2 rings (SSSR count). The van der Waals surface area contributed by atoms with E-state index in [0.717, 1.165) is 5.56 Å². The Bertz CT molecular complexity index is 619. The van der Waals surface area contributed by atoms with Crippen LogP contribution in [0.3, 0.4) is 0 Å². The molecule has 0 saturated carbocycles. The second-order valence-electron chi connectivity index (χ2n) is 4.00. The molecule has 100 valence electrons. The fourth-order valence-corrected chi connectivity index (χ4v) is 1.52. The minimum atomic E-state index is -0.380. The van der Waals surface area contributed by atoms with Crippen LogP contribution in [0.4, 0.5) is 4.39 Å². The SMILES string of the molecule is O=C(N/N=C/C=C/c1ccccc1)c1ccc(F)cc1. The molecule has 0 heterocycles. The molecule has 20 heavy (non-hydrogen) atoms. The lowest BCUT2D eigenvalue weighted by Crippen LogP contribution is -2.17. The van der Waals surface area contributed by atoms with Gasteiger partial charge in [-0.3, -0.25) is 4.79 Å². The second-order valence-corrected chi connectivity index (χ2v) is 4.00. The highest BCUT2D eigenvalue weighted by Gasteiger charge is 2.02. The predicted octanol–water partition coefficient (Wildman–Crippen LogP) is 3.25. The van der Waals surface area contributed by atoms with Crippen molar-refractivity contribution >= 4 is 18.2 Å². The molecule has 0 aliphatic rings. The highest BCUT2D eigenvalue weighted by atomic mass is 19.1. The van der Waals surface area contributed by atoms with Gasteiger partial charge in [-0.2, -0.15) is 5.10 Å². The molecule has 1 amide bonds. The van der Waals surface area contributed by atoms with E-state index in [-0.39, 0.29) is 11.7 Å². The van der Waals surface area contributed by atoms with E-state index in [4.69, 9.17) is 0 Å². The molecule has 2 aromatic carbocycles. The average molecular weight is 268 g/mol. The lowest BCUT2D eigenvalue weighted by atomic mass is 10.2. The van der Waals surface area contributed by atoms with Crippen molar-refractivity contribution in [3.63, 3.8) is 0 Å². The van der Waals surface area contributed by atoms with Crippen molar-refractivity contribution in [3.8, 4) is 0 Å². The van der Waals surface area contributed by atoms with E-state index in [1.165, 1.54) is 30.5 Å². The molecule has 0 saturated heterocycles. The maximum atomic E-state index is 12.7. The van der Waals surface area contributed by atoms with Gasteiger partial charge in [-0.15, -0.1) is 0 Å². The van der Waals surface area contributed by atoms with Crippen LogP contribution in [0, 0.1) is 5.82 Å². The number of hydrogen-bond acceptors (Lipinski definition) is 2. The van der Waals surface area contributed by atoms with Crippen molar-refractivity contribution in [2.24, 2.45) is 5.10 Å². The molecule has 0 radical (unpaired) electrons. The second kappa shape index (κ2) is 6.99. The summed E-state index contributed by atoms with van der Waals surface area (Å²) < 4.78 is 12.7. The number of nitrogens with zero attached hydrogens (tertiary/aromatic N) is 1. The van der Waals surface area contributed by atoms with E-state index in [9.17, 15) is 9.18 Å². The van der Waals surface area contributed by atoms with Gasteiger partial charge in [0.1, 0.15) is 5.82 Å². The first-order valence-electron chi connectivity index (χ1n) is 6.06. The Labute approximate surface area is 116 Å². The Morgan fingerprint density at radius 3 is 2.45 bits per heavy atom. The quantitative estimate of drug-likeness (QED) is 0.671. The summed E-state index contributed by atoms with van der Waals surface area (Å²) in [5.41, 5.74) is 3.76. The van der Waals surface area contributed by atoms with Crippen molar-refractivity contribution < 1.29 is 9.18 Å². The zero-order chi connectivity index (χ0) is 14.2. The van der Waals surface area contributed by atoms with Crippen molar-refractivity contribution in [2.75, 3.05) is 0 Å². The molecule has 1 N–H and O–H groups in total. The molecule has 2 aromatic rings. The molecule has 0 bridgehead atoms. The van der Waals surface area contributed by atoms with Crippen molar-refractivity contribution in [1.82, 2.24) is 5.43 Å². The molecule has 0 fully saturated rings. The van der Waals surface area contributed by atoms with Gasteiger partial charge in [0.05, 0.1) is 0 Å². The van der Waals surface area contributed by atoms with E-state index in [0.29, 0.717) is 5.56 Å². The molecule has 0 aliphatic heterocycles. The maximum Gasteiger partial charge on any atom is 0.271 e. The van der Waals surface area contributed by atoms with Crippen LogP contribution in [0.1, 0.15) is 15.9 Å². The van der Waals surface area contributed by atoms with Crippen molar-refractivity contribution in [3.05, 3.63) is 77.6 Å². The standard InChI is InChI=1S/C16H13FN2O/c17-15-10-8-14(9-11-15)16(20)19-18-12-4-7-13-5-2-1-3-6-13/h1-12H,(H,19,20)/b7-4+,18-12+. The first-order chi connectivity index (χ1) is 9.75. The van der Waals surface area contributed by atoms with Gasteiger partial charge < -0.3 is 0 Å². The molecule has 0 spiro atoms. The Kier molecular flexibility index (Phi) is 4.78. The van der Waals surface area contributed by atoms with Gasteiger partial charge in [0, 0.05) is 11.8 Å². The molecule has 3 nitrogen and oxygen atoms in total. The topological polar surface area (TPSA) is 41.5 Å². The van der Waals surface area contributed by atoms with E-state index in [1.807, 2.05) is 36.4 Å². The van der Waals surface area contributed by atoms with Gasteiger partial charge in [-0.05, 0) is 35.9 Å². The monoisotopic (exact) mass is 268 g/mol. The van der Waals surface area contributed by atoms with Crippen LogP contribution in [0.2, 0.25) is 0 Å². The number of rotatable bonds is 4. The summed E-state index contributed by atoms with van der Waals surface area (Å²) >= 11 is 0. The van der Waals surface area contributed by atoms with Crippen LogP contribution in [0.5, 0.6) is 0 Å². The average Bonchev–Trinajstić information content (AvgIpc) is 2.48. The fraction of sp³-hybridized carbons (Fsp3) is 0. The number of allylic oxidation sites excluding steroid dienone is 1. The summed E-state index contributed by atoms with van der Waals surface area (Å²) in [5, 5.41) is 3.78. The minimum absolute atomic E-state index is 0.357. The van der Waals surface area contributed by atoms with Gasteiger partial charge in [0.2, 0.25) is 0 Å². The lowest BCUT2D eigenvalue weighted by molar-refractivity contribution is 0.0955. The van der Waals surface area contributed by atoms with E-state index in [2.05, 4.69) is 10.5 Å². The van der Waals surface area contributed by atoms with Crippen LogP contribution >= 0.6 is 0 Å². The van der Waals surface area contributed by atoms with Gasteiger partial charge in [-0.25, -0.2) is 9.82 Å². The van der Waals surface area contributed by atoms with E-state index in [1.54, 1.807) is 6.08 Å². The lowest BCUT2D eigenvalue weighted by Gasteiger charge is -1.98. The first kappa shape index (κ1) is 13.7. The largest absolute Gasteiger partial charge is 0.271 e. The Balaban J connectivity index is 1.86. The maximum absolute atomic E-state index is 12.7. The summed E-state index contributed by atoms with van der Waals surface area (Å²) in [6.45, 7) is 0. The third-order valence-corrected chi connectivity index (χ3v) is 2.52. The Hall–Kier alpha value is -2.75. The van der Waals surface area contributed by atoms with E-state index >= 15 is 0 Å². The number of carbonyl (C=O) groups is 1. The molecule has 0 aromatic heterocycles. The summed E-state index contributed by atoms with van der Waals surface area (Å²) in [7, 11) is 0. The zero-order valence-electron chi connectivity index (χ0n) is 10.7. The van der Waals surface area contributed by atoms with Crippen LogP contribution in [-0.2, 0) is 0 Å². The minimum Gasteiger partial charge on any atom is -0.267 e. The number of amides is 1. The molecule has 0 atom stereocenters. The van der Waals surface area contributed by atoms with Gasteiger partial charge >= 0.3 is 0 Å². The molecule has 0 aliphatic carbocycles. The number of nitrogens with one attached hydrogen (secondary N) is 1. The highest BCUT2D eigenvalue weighted by molar-refractivity contribution is 5.94.